The van der Waals surface area contributed by atoms with E-state index in [9.17, 15) is 9.90 Å². The molecule has 0 amide bonds. The number of hydrogen-bond donors (Lipinski definition) is 0. The van der Waals surface area contributed by atoms with Crippen LogP contribution in [0.15, 0.2) is 18.7 Å². The van der Waals surface area contributed by atoms with Crippen LogP contribution in [-0.4, -0.2) is 37.5 Å². The SMILES string of the molecule is CCOCC[n+]1ccn(CC)c1.COCC(=O)[O-]. The Bertz CT molecular complexity index is 326. The molecule has 0 aromatic carbocycles. The highest BCUT2D eigenvalue weighted by Gasteiger charge is 1.99. The zero-order valence-corrected chi connectivity index (χ0v) is 11.3. The highest BCUT2D eigenvalue weighted by atomic mass is 16.5. The number of aryl methyl sites for hydroxylation is 1. The van der Waals surface area contributed by atoms with Gasteiger partial charge in [-0.1, -0.05) is 0 Å². The maximum absolute atomic E-state index is 9.36. The molecule has 0 fully saturated rings. The zero-order chi connectivity index (χ0) is 13.8. The van der Waals surface area contributed by atoms with Gasteiger partial charge in [0.25, 0.3) is 0 Å². The molecule has 0 aliphatic rings. The third-order valence-electron chi connectivity index (χ3n) is 2.07. The number of methoxy groups -OCH3 is 1. The number of aromatic nitrogens is 2. The first-order chi connectivity index (χ1) is 8.63. The average Bonchev–Trinajstić information content (AvgIpc) is 2.78. The molecule has 0 saturated heterocycles. The molecular formula is C12H22N2O4. The molecule has 18 heavy (non-hydrogen) atoms. The summed E-state index contributed by atoms with van der Waals surface area (Å²) < 4.78 is 13.7. The van der Waals surface area contributed by atoms with Gasteiger partial charge in [0.2, 0.25) is 6.33 Å². The minimum absolute atomic E-state index is 0.319. The number of imidazole rings is 1. The molecule has 0 radical (unpaired) electrons. The number of nitrogens with zero attached hydrogens (tertiary/aromatic N) is 2. The van der Waals surface area contributed by atoms with Crippen LogP contribution < -0.4 is 9.67 Å². The zero-order valence-electron chi connectivity index (χ0n) is 11.3. The third kappa shape index (κ3) is 8.72. The summed E-state index contributed by atoms with van der Waals surface area (Å²) in [5.41, 5.74) is 0. The summed E-state index contributed by atoms with van der Waals surface area (Å²) in [6, 6.07) is 0. The summed E-state index contributed by atoms with van der Waals surface area (Å²) in [5, 5.41) is 9.36. The second kappa shape index (κ2) is 10.7. The van der Waals surface area contributed by atoms with E-state index >= 15 is 0 Å². The first kappa shape index (κ1) is 16.6. The van der Waals surface area contributed by atoms with Gasteiger partial charge in [0.15, 0.2) is 0 Å². The molecule has 0 bridgehead atoms. The van der Waals surface area contributed by atoms with E-state index in [1.54, 1.807) is 0 Å². The minimum atomic E-state index is -1.18. The molecule has 104 valence electrons. The van der Waals surface area contributed by atoms with Gasteiger partial charge in [0.1, 0.15) is 18.9 Å². The van der Waals surface area contributed by atoms with E-state index in [4.69, 9.17) is 4.74 Å². The van der Waals surface area contributed by atoms with Gasteiger partial charge >= 0.3 is 0 Å². The Morgan fingerprint density at radius 2 is 2.17 bits per heavy atom. The van der Waals surface area contributed by atoms with Crippen molar-refractivity contribution in [2.75, 3.05) is 26.9 Å². The summed E-state index contributed by atoms with van der Waals surface area (Å²) >= 11 is 0. The normalized spacial score (nSPS) is 9.72. The Kier molecular flexibility index (Phi) is 9.90. The third-order valence-corrected chi connectivity index (χ3v) is 2.07. The van der Waals surface area contributed by atoms with E-state index < -0.39 is 5.97 Å². The first-order valence-corrected chi connectivity index (χ1v) is 5.95. The Labute approximate surface area is 108 Å². The van der Waals surface area contributed by atoms with Crippen LogP contribution in [0.2, 0.25) is 0 Å². The molecule has 1 aromatic heterocycles. The standard InChI is InChI=1S/C9H17N2O.C3H6O3/c1-3-10-5-6-11(9-10)7-8-12-4-2;1-6-2-3(4)5/h5-6,9H,3-4,7-8H2,1-2H3;2H2,1H3,(H,4,5)/q+1;/p-1. The summed E-state index contributed by atoms with van der Waals surface area (Å²) in [4.78, 5) is 9.36. The molecule has 1 aromatic rings. The van der Waals surface area contributed by atoms with Gasteiger partial charge in [0.05, 0.1) is 25.7 Å². The molecule has 0 saturated carbocycles. The van der Waals surface area contributed by atoms with Crippen molar-refractivity contribution in [1.82, 2.24) is 4.57 Å². The van der Waals surface area contributed by atoms with Gasteiger partial charge in [-0.2, -0.15) is 0 Å². The van der Waals surface area contributed by atoms with Crippen LogP contribution in [0.5, 0.6) is 0 Å². The van der Waals surface area contributed by atoms with Crippen LogP contribution >= 0.6 is 0 Å². The van der Waals surface area contributed by atoms with Crippen molar-refractivity contribution >= 4 is 5.97 Å². The monoisotopic (exact) mass is 258 g/mol. The van der Waals surface area contributed by atoms with Crippen LogP contribution in [0.4, 0.5) is 0 Å². The molecule has 0 atom stereocenters. The number of carbonyl (C=O) groups is 1. The highest BCUT2D eigenvalue weighted by molar-refractivity contribution is 5.65. The molecule has 1 rings (SSSR count). The number of carbonyl (C=O) groups excluding carboxylic acids is 1. The first-order valence-electron chi connectivity index (χ1n) is 5.95. The van der Waals surface area contributed by atoms with E-state index in [2.05, 4.69) is 39.5 Å². The van der Waals surface area contributed by atoms with Crippen molar-refractivity contribution in [2.45, 2.75) is 26.9 Å². The van der Waals surface area contributed by atoms with E-state index in [1.807, 2.05) is 6.92 Å². The smallest absolute Gasteiger partial charge is 0.243 e. The predicted octanol–water partition coefficient (Wildman–Crippen LogP) is -0.785. The van der Waals surface area contributed by atoms with Crippen LogP contribution in [0.3, 0.4) is 0 Å². The summed E-state index contributed by atoms with van der Waals surface area (Å²) in [6.07, 6.45) is 6.24. The maximum atomic E-state index is 9.36. The molecule has 1 heterocycles. The second-order valence-electron chi connectivity index (χ2n) is 3.48. The minimum Gasteiger partial charge on any atom is -0.548 e. The van der Waals surface area contributed by atoms with Gasteiger partial charge in [-0.3, -0.25) is 0 Å². The number of aliphatic carboxylic acids is 1. The maximum Gasteiger partial charge on any atom is 0.243 e. The van der Waals surface area contributed by atoms with Crippen LogP contribution in [-0.2, 0) is 27.4 Å². The van der Waals surface area contributed by atoms with E-state index in [0.717, 1.165) is 26.3 Å². The second-order valence-corrected chi connectivity index (χ2v) is 3.48. The molecule has 6 nitrogen and oxygen atoms in total. The lowest BCUT2D eigenvalue weighted by Gasteiger charge is -1.96. The topological polar surface area (TPSA) is 67.4 Å². The van der Waals surface area contributed by atoms with E-state index in [-0.39, 0.29) is 6.61 Å². The molecule has 0 aliphatic heterocycles. The highest BCUT2D eigenvalue weighted by Crippen LogP contribution is 1.83. The number of carboxylic acids is 1. The van der Waals surface area contributed by atoms with Crippen LogP contribution in [0.1, 0.15) is 13.8 Å². The number of ether oxygens (including phenoxy) is 2. The molecule has 0 aliphatic carbocycles. The molecule has 0 spiro atoms. The lowest BCUT2D eigenvalue weighted by atomic mass is 10.6. The van der Waals surface area contributed by atoms with Crippen LogP contribution in [0.25, 0.3) is 0 Å². The van der Waals surface area contributed by atoms with Gasteiger partial charge in [-0.15, -0.1) is 0 Å². The van der Waals surface area contributed by atoms with Crippen molar-refractivity contribution in [3.8, 4) is 0 Å². The average molecular weight is 258 g/mol. The Morgan fingerprint density at radius 1 is 1.44 bits per heavy atom. The number of rotatable bonds is 7. The van der Waals surface area contributed by atoms with Gasteiger partial charge < -0.3 is 19.4 Å². The van der Waals surface area contributed by atoms with E-state index in [0.29, 0.717) is 0 Å². The van der Waals surface area contributed by atoms with E-state index in [1.165, 1.54) is 7.11 Å². The Balaban J connectivity index is 0.000000411. The molecule has 0 N–H and O–H groups in total. The lowest BCUT2D eigenvalue weighted by Crippen LogP contribution is -2.33. The lowest BCUT2D eigenvalue weighted by molar-refractivity contribution is -0.698. The van der Waals surface area contributed by atoms with Crippen molar-refractivity contribution in [1.29, 1.82) is 0 Å². The fraction of sp³-hybridized carbons (Fsp3) is 0.667. The van der Waals surface area contributed by atoms with Gasteiger partial charge in [-0.25, -0.2) is 9.13 Å². The number of hydrogen-bond acceptors (Lipinski definition) is 4. The Morgan fingerprint density at radius 3 is 2.56 bits per heavy atom. The Hall–Kier alpha value is -1.40. The van der Waals surface area contributed by atoms with Crippen LogP contribution in [0, 0.1) is 0 Å². The molecule has 6 heteroatoms. The molecule has 0 unspecified atom stereocenters. The van der Waals surface area contributed by atoms with Crippen molar-refractivity contribution in [3.05, 3.63) is 18.7 Å². The van der Waals surface area contributed by atoms with Crippen molar-refractivity contribution < 1.29 is 23.9 Å². The summed E-state index contributed by atoms with van der Waals surface area (Å²) in [7, 11) is 1.30. The largest absolute Gasteiger partial charge is 0.548 e. The summed E-state index contributed by atoms with van der Waals surface area (Å²) in [5.74, 6) is -1.18. The quantitative estimate of drug-likeness (QED) is 0.475. The number of carboxylic acid groups (broad SMARTS) is 1. The summed E-state index contributed by atoms with van der Waals surface area (Å²) in [6.45, 7) is 7.40. The predicted molar refractivity (Wildman–Crippen MR) is 63.7 cm³/mol. The molecular weight excluding hydrogens is 236 g/mol. The van der Waals surface area contributed by atoms with Crippen molar-refractivity contribution in [2.24, 2.45) is 0 Å². The van der Waals surface area contributed by atoms with Gasteiger partial charge in [0, 0.05) is 13.7 Å². The fourth-order valence-corrected chi connectivity index (χ4v) is 1.19. The van der Waals surface area contributed by atoms with Crippen molar-refractivity contribution in [3.63, 3.8) is 0 Å². The van der Waals surface area contributed by atoms with Gasteiger partial charge in [-0.05, 0) is 13.8 Å². The fourth-order valence-electron chi connectivity index (χ4n) is 1.19.